The van der Waals surface area contributed by atoms with Crippen LogP contribution in [0, 0.1) is 17.2 Å². The van der Waals surface area contributed by atoms with Gasteiger partial charge in [0.25, 0.3) is 0 Å². The van der Waals surface area contributed by atoms with Crippen LogP contribution in [0.4, 0.5) is 0 Å². The van der Waals surface area contributed by atoms with E-state index in [0.29, 0.717) is 12.7 Å². The third kappa shape index (κ3) is 2.53. The summed E-state index contributed by atoms with van der Waals surface area (Å²) in [4.78, 5) is 0. The minimum atomic E-state index is -0.00685. The number of rotatable bonds is 2. The Morgan fingerprint density at radius 1 is 1.05 bits per heavy atom. The molecule has 1 fully saturated rings. The van der Waals surface area contributed by atoms with Crippen LogP contribution in [-0.2, 0) is 0 Å². The zero-order chi connectivity index (χ0) is 13.1. The minimum Gasteiger partial charge on any atom is -0.454 e. The molecular weight excluding hydrogens is 238 g/mol. The molecule has 0 spiro atoms. The molecule has 1 heterocycles. The summed E-state index contributed by atoms with van der Waals surface area (Å²) in [6, 6.07) is 8.45. The van der Waals surface area contributed by atoms with Crippen LogP contribution in [0.3, 0.4) is 0 Å². The van der Waals surface area contributed by atoms with Crippen LogP contribution in [0.25, 0.3) is 0 Å². The Kier molecular flexibility index (Phi) is 3.59. The molecule has 100 valence electrons. The molecule has 0 bridgehead atoms. The van der Waals surface area contributed by atoms with Gasteiger partial charge in [0.15, 0.2) is 11.5 Å². The van der Waals surface area contributed by atoms with Gasteiger partial charge in [0.2, 0.25) is 6.79 Å². The molecule has 1 aromatic carbocycles. The van der Waals surface area contributed by atoms with Crippen LogP contribution < -0.4 is 9.47 Å². The van der Waals surface area contributed by atoms with Crippen molar-refractivity contribution in [3.63, 3.8) is 0 Å². The van der Waals surface area contributed by atoms with Crippen molar-refractivity contribution in [1.82, 2.24) is 0 Å². The van der Waals surface area contributed by atoms with E-state index in [2.05, 4.69) is 6.07 Å². The second kappa shape index (κ2) is 5.52. The van der Waals surface area contributed by atoms with E-state index in [9.17, 15) is 5.26 Å². The van der Waals surface area contributed by atoms with Crippen LogP contribution in [0.15, 0.2) is 18.2 Å². The van der Waals surface area contributed by atoms with Crippen LogP contribution in [0.1, 0.15) is 50.0 Å². The summed E-state index contributed by atoms with van der Waals surface area (Å²) in [6.45, 7) is 0.291. The highest BCUT2D eigenvalue weighted by molar-refractivity contribution is 5.46. The van der Waals surface area contributed by atoms with Gasteiger partial charge in [-0.1, -0.05) is 31.7 Å². The Labute approximate surface area is 114 Å². The number of benzene rings is 1. The third-order valence-corrected chi connectivity index (χ3v) is 4.27. The molecule has 1 atom stereocenters. The molecule has 3 heteroatoms. The Balaban J connectivity index is 1.83. The van der Waals surface area contributed by atoms with Crippen molar-refractivity contribution in [2.24, 2.45) is 5.92 Å². The predicted octanol–water partition coefficient (Wildman–Crippen LogP) is 3.99. The van der Waals surface area contributed by atoms with E-state index in [1.54, 1.807) is 0 Å². The Bertz CT molecular complexity index is 484. The lowest BCUT2D eigenvalue weighted by Gasteiger charge is -2.20. The van der Waals surface area contributed by atoms with E-state index in [-0.39, 0.29) is 5.92 Å². The highest BCUT2D eigenvalue weighted by Gasteiger charge is 2.25. The summed E-state index contributed by atoms with van der Waals surface area (Å²) in [5, 5.41) is 9.55. The average Bonchev–Trinajstić information content (AvgIpc) is 2.74. The maximum atomic E-state index is 9.55. The number of hydrogen-bond donors (Lipinski definition) is 0. The quantitative estimate of drug-likeness (QED) is 0.752. The van der Waals surface area contributed by atoms with Crippen LogP contribution in [0.5, 0.6) is 11.5 Å². The van der Waals surface area contributed by atoms with Crippen LogP contribution in [-0.4, -0.2) is 6.79 Å². The van der Waals surface area contributed by atoms with E-state index in [0.717, 1.165) is 17.1 Å². The number of hydrogen-bond acceptors (Lipinski definition) is 3. The smallest absolute Gasteiger partial charge is 0.231 e. The lowest BCUT2D eigenvalue weighted by atomic mass is 9.82. The lowest BCUT2D eigenvalue weighted by molar-refractivity contribution is 0.174. The van der Waals surface area contributed by atoms with Gasteiger partial charge in [0, 0.05) is 0 Å². The van der Waals surface area contributed by atoms with Crippen LogP contribution >= 0.6 is 0 Å². The summed E-state index contributed by atoms with van der Waals surface area (Å²) in [6.07, 6.45) is 7.49. The molecule has 2 aliphatic rings. The van der Waals surface area contributed by atoms with Gasteiger partial charge in [0.05, 0.1) is 12.0 Å². The monoisotopic (exact) mass is 257 g/mol. The van der Waals surface area contributed by atoms with Crippen molar-refractivity contribution in [1.29, 1.82) is 5.26 Å². The van der Waals surface area contributed by atoms with Gasteiger partial charge in [0.1, 0.15) is 0 Å². The Morgan fingerprint density at radius 2 is 1.79 bits per heavy atom. The first-order valence-corrected chi connectivity index (χ1v) is 7.17. The number of nitriles is 1. The van der Waals surface area contributed by atoms with E-state index in [1.165, 1.54) is 38.5 Å². The van der Waals surface area contributed by atoms with E-state index in [4.69, 9.17) is 9.47 Å². The molecule has 1 unspecified atom stereocenters. The number of fused-ring (bicyclic) bond motifs is 1. The van der Waals surface area contributed by atoms with Gasteiger partial charge < -0.3 is 9.47 Å². The molecule has 1 saturated carbocycles. The van der Waals surface area contributed by atoms with Crippen LogP contribution in [0.2, 0.25) is 0 Å². The van der Waals surface area contributed by atoms with Crippen molar-refractivity contribution in [2.45, 2.75) is 44.4 Å². The van der Waals surface area contributed by atoms with Crippen molar-refractivity contribution in [2.75, 3.05) is 6.79 Å². The molecule has 0 radical (unpaired) electrons. The molecule has 1 aromatic rings. The first-order chi connectivity index (χ1) is 9.38. The van der Waals surface area contributed by atoms with Gasteiger partial charge in [-0.05, 0) is 36.5 Å². The highest BCUT2D eigenvalue weighted by atomic mass is 16.7. The molecule has 1 aliphatic carbocycles. The van der Waals surface area contributed by atoms with Gasteiger partial charge in [-0.3, -0.25) is 0 Å². The second-order valence-electron chi connectivity index (χ2n) is 5.47. The SMILES string of the molecule is N#CC(c1ccc2c(c1)OCO2)C1CCCCCC1. The minimum absolute atomic E-state index is 0.00685. The predicted molar refractivity (Wildman–Crippen MR) is 72.1 cm³/mol. The molecule has 3 nitrogen and oxygen atoms in total. The Hall–Kier alpha value is -1.69. The standard InChI is InChI=1S/C16H19NO2/c17-10-14(12-5-3-1-2-4-6-12)13-7-8-15-16(9-13)19-11-18-15/h7-9,12,14H,1-6,11H2. The summed E-state index contributed by atoms with van der Waals surface area (Å²) in [5.41, 5.74) is 1.08. The largest absolute Gasteiger partial charge is 0.454 e. The molecule has 0 saturated heterocycles. The fourth-order valence-corrected chi connectivity index (χ4v) is 3.20. The molecule has 0 N–H and O–H groups in total. The first-order valence-electron chi connectivity index (χ1n) is 7.17. The highest BCUT2D eigenvalue weighted by Crippen LogP contribution is 2.39. The Morgan fingerprint density at radius 3 is 2.53 bits per heavy atom. The summed E-state index contributed by atoms with van der Waals surface area (Å²) in [5.74, 6) is 2.06. The summed E-state index contributed by atoms with van der Waals surface area (Å²) >= 11 is 0. The second-order valence-corrected chi connectivity index (χ2v) is 5.47. The number of nitrogens with zero attached hydrogens (tertiary/aromatic N) is 1. The summed E-state index contributed by atoms with van der Waals surface area (Å²) < 4.78 is 10.7. The van der Waals surface area contributed by atoms with Gasteiger partial charge in [-0.25, -0.2) is 0 Å². The normalized spacial score (nSPS) is 20.6. The maximum absolute atomic E-state index is 9.55. The fraction of sp³-hybridized carbons (Fsp3) is 0.562. The molecule has 0 aromatic heterocycles. The molecule has 0 amide bonds. The van der Waals surface area contributed by atoms with Gasteiger partial charge in [-0.15, -0.1) is 0 Å². The van der Waals surface area contributed by atoms with Crippen molar-refractivity contribution >= 4 is 0 Å². The van der Waals surface area contributed by atoms with Crippen molar-refractivity contribution in [3.05, 3.63) is 23.8 Å². The zero-order valence-corrected chi connectivity index (χ0v) is 11.1. The maximum Gasteiger partial charge on any atom is 0.231 e. The zero-order valence-electron chi connectivity index (χ0n) is 11.1. The average molecular weight is 257 g/mol. The van der Waals surface area contributed by atoms with E-state index >= 15 is 0 Å². The summed E-state index contributed by atoms with van der Waals surface area (Å²) in [7, 11) is 0. The fourth-order valence-electron chi connectivity index (χ4n) is 3.20. The molecule has 3 rings (SSSR count). The topological polar surface area (TPSA) is 42.2 Å². The van der Waals surface area contributed by atoms with E-state index in [1.807, 2.05) is 18.2 Å². The number of ether oxygens (including phenoxy) is 2. The first kappa shape index (κ1) is 12.3. The van der Waals surface area contributed by atoms with Gasteiger partial charge >= 0.3 is 0 Å². The molecule has 19 heavy (non-hydrogen) atoms. The molecular formula is C16H19NO2. The van der Waals surface area contributed by atoms with Gasteiger partial charge in [-0.2, -0.15) is 5.26 Å². The molecule has 1 aliphatic heterocycles. The third-order valence-electron chi connectivity index (χ3n) is 4.27. The van der Waals surface area contributed by atoms with Crippen molar-refractivity contribution in [3.8, 4) is 17.6 Å². The van der Waals surface area contributed by atoms with E-state index < -0.39 is 0 Å². The van der Waals surface area contributed by atoms with Crippen molar-refractivity contribution < 1.29 is 9.47 Å². The lowest BCUT2D eigenvalue weighted by Crippen LogP contribution is -2.10.